The molecule has 0 unspecified atom stereocenters. The molecule has 1 aromatic carbocycles. The van der Waals surface area contributed by atoms with Crippen LogP contribution < -0.4 is 0 Å². The Bertz CT molecular complexity index is 650. The number of aromatic nitrogens is 2. The fraction of sp³-hybridized carbons (Fsp3) is 0.0769. The standard InChI is InChI=1S/C13H11N3O4/c1-2-7-20-13(17)10-3-4-11(12(8-10)16(18)19)15-6-5-14-9-15/h2-6,8-9H,1,7H2. The average Bonchev–Trinajstić information content (AvgIpc) is 2.98. The average molecular weight is 273 g/mol. The highest BCUT2D eigenvalue weighted by molar-refractivity contribution is 5.90. The highest BCUT2D eigenvalue weighted by Crippen LogP contribution is 2.24. The second-order valence-electron chi connectivity index (χ2n) is 3.82. The minimum Gasteiger partial charge on any atom is -0.458 e. The third kappa shape index (κ3) is 2.72. The smallest absolute Gasteiger partial charge is 0.338 e. The summed E-state index contributed by atoms with van der Waals surface area (Å²) in [5.74, 6) is -0.634. The van der Waals surface area contributed by atoms with E-state index in [0.717, 1.165) is 0 Å². The Labute approximate surface area is 114 Å². The van der Waals surface area contributed by atoms with Crippen LogP contribution in [0.1, 0.15) is 10.4 Å². The monoisotopic (exact) mass is 273 g/mol. The summed E-state index contributed by atoms with van der Waals surface area (Å²) in [7, 11) is 0. The van der Waals surface area contributed by atoms with E-state index in [1.165, 1.54) is 41.4 Å². The van der Waals surface area contributed by atoms with E-state index in [1.807, 2.05) is 0 Å². The van der Waals surface area contributed by atoms with Gasteiger partial charge in [-0.1, -0.05) is 12.7 Å². The van der Waals surface area contributed by atoms with Gasteiger partial charge in [-0.3, -0.25) is 10.1 Å². The van der Waals surface area contributed by atoms with Gasteiger partial charge in [0.2, 0.25) is 0 Å². The summed E-state index contributed by atoms with van der Waals surface area (Å²) in [4.78, 5) is 26.1. The lowest BCUT2D eigenvalue weighted by Gasteiger charge is -2.06. The molecule has 0 fully saturated rings. The molecule has 102 valence electrons. The van der Waals surface area contributed by atoms with Gasteiger partial charge in [-0.15, -0.1) is 0 Å². The van der Waals surface area contributed by atoms with Crippen LogP contribution in [0.4, 0.5) is 5.69 Å². The Hall–Kier alpha value is -2.96. The molecule has 7 nitrogen and oxygen atoms in total. The molecule has 0 saturated heterocycles. The molecule has 0 saturated carbocycles. The van der Waals surface area contributed by atoms with E-state index in [1.54, 1.807) is 6.20 Å². The second-order valence-corrected chi connectivity index (χ2v) is 3.82. The van der Waals surface area contributed by atoms with Crippen molar-refractivity contribution in [1.82, 2.24) is 9.55 Å². The van der Waals surface area contributed by atoms with Gasteiger partial charge in [0.1, 0.15) is 12.3 Å². The van der Waals surface area contributed by atoms with Crippen LogP contribution in [0.2, 0.25) is 0 Å². The van der Waals surface area contributed by atoms with E-state index in [-0.39, 0.29) is 17.9 Å². The van der Waals surface area contributed by atoms with Crippen molar-refractivity contribution in [2.75, 3.05) is 6.61 Å². The Balaban J connectivity index is 2.40. The molecule has 2 aromatic rings. The molecule has 0 bridgehead atoms. The maximum Gasteiger partial charge on any atom is 0.338 e. The van der Waals surface area contributed by atoms with Crippen molar-refractivity contribution in [3.63, 3.8) is 0 Å². The van der Waals surface area contributed by atoms with E-state index in [0.29, 0.717) is 5.69 Å². The Morgan fingerprint density at radius 2 is 2.35 bits per heavy atom. The number of hydrogen-bond donors (Lipinski definition) is 0. The number of nitro groups is 1. The molecule has 2 rings (SSSR count). The molecule has 0 aliphatic carbocycles. The summed E-state index contributed by atoms with van der Waals surface area (Å²) in [6.07, 6.45) is 5.96. The van der Waals surface area contributed by atoms with Crippen molar-refractivity contribution in [3.8, 4) is 5.69 Å². The van der Waals surface area contributed by atoms with Crippen LogP contribution in [0.25, 0.3) is 5.69 Å². The summed E-state index contributed by atoms with van der Waals surface area (Å²) in [6.45, 7) is 3.48. The van der Waals surface area contributed by atoms with Crippen molar-refractivity contribution in [2.45, 2.75) is 0 Å². The number of imidazole rings is 1. The van der Waals surface area contributed by atoms with E-state index < -0.39 is 10.9 Å². The lowest BCUT2D eigenvalue weighted by Crippen LogP contribution is -2.07. The molecule has 0 amide bonds. The molecule has 1 aromatic heterocycles. The first-order valence-corrected chi connectivity index (χ1v) is 5.68. The summed E-state index contributed by atoms with van der Waals surface area (Å²) in [5, 5.41) is 11.1. The number of esters is 1. The van der Waals surface area contributed by atoms with E-state index in [4.69, 9.17) is 4.74 Å². The third-order valence-electron chi connectivity index (χ3n) is 2.52. The maximum atomic E-state index is 11.7. The van der Waals surface area contributed by atoms with E-state index in [9.17, 15) is 14.9 Å². The summed E-state index contributed by atoms with van der Waals surface area (Å²) < 4.78 is 6.34. The highest BCUT2D eigenvalue weighted by atomic mass is 16.6. The first-order chi connectivity index (χ1) is 9.63. The predicted octanol–water partition coefficient (Wildman–Crippen LogP) is 2.12. The van der Waals surface area contributed by atoms with Crippen LogP contribution in [0.3, 0.4) is 0 Å². The third-order valence-corrected chi connectivity index (χ3v) is 2.52. The fourth-order valence-corrected chi connectivity index (χ4v) is 1.63. The molecule has 0 atom stereocenters. The minimum absolute atomic E-state index is 0.0515. The molecule has 0 radical (unpaired) electrons. The number of hydrogen-bond acceptors (Lipinski definition) is 5. The number of carbonyl (C=O) groups excluding carboxylic acids is 1. The summed E-state index contributed by atoms with van der Waals surface area (Å²) in [6, 6.07) is 4.12. The van der Waals surface area contributed by atoms with Gasteiger partial charge in [0.25, 0.3) is 5.69 Å². The minimum atomic E-state index is -0.634. The molecular weight excluding hydrogens is 262 g/mol. The zero-order chi connectivity index (χ0) is 14.5. The first kappa shape index (κ1) is 13.5. The van der Waals surface area contributed by atoms with E-state index >= 15 is 0 Å². The van der Waals surface area contributed by atoms with Crippen molar-refractivity contribution >= 4 is 11.7 Å². The lowest BCUT2D eigenvalue weighted by atomic mass is 10.1. The summed E-state index contributed by atoms with van der Waals surface area (Å²) >= 11 is 0. The number of nitrogens with zero attached hydrogens (tertiary/aromatic N) is 3. The molecular formula is C13H11N3O4. The van der Waals surface area contributed by atoms with Crippen LogP contribution in [0, 0.1) is 10.1 Å². The van der Waals surface area contributed by atoms with Crippen molar-refractivity contribution in [1.29, 1.82) is 0 Å². The van der Waals surface area contributed by atoms with Gasteiger partial charge >= 0.3 is 5.97 Å². The van der Waals surface area contributed by atoms with Gasteiger partial charge in [-0.25, -0.2) is 9.78 Å². The van der Waals surface area contributed by atoms with Crippen LogP contribution in [0.5, 0.6) is 0 Å². The first-order valence-electron chi connectivity index (χ1n) is 5.68. The predicted molar refractivity (Wildman–Crippen MR) is 70.7 cm³/mol. The molecule has 0 aliphatic rings. The summed E-state index contributed by atoms with van der Waals surface area (Å²) in [5.41, 5.74) is 0.242. The van der Waals surface area contributed by atoms with Gasteiger partial charge in [-0.05, 0) is 12.1 Å². The van der Waals surface area contributed by atoms with Crippen molar-refractivity contribution < 1.29 is 14.5 Å². The SMILES string of the molecule is C=CCOC(=O)c1ccc(-n2ccnc2)c([N+](=O)[O-])c1. The molecule has 0 N–H and O–H groups in total. The van der Waals surface area contributed by atoms with Gasteiger partial charge in [0, 0.05) is 18.5 Å². The number of nitro benzene ring substituents is 1. The molecule has 0 aliphatic heterocycles. The van der Waals surface area contributed by atoms with Crippen molar-refractivity contribution in [2.24, 2.45) is 0 Å². The van der Waals surface area contributed by atoms with Gasteiger partial charge in [0.15, 0.2) is 0 Å². The van der Waals surface area contributed by atoms with Crippen molar-refractivity contribution in [3.05, 3.63) is 65.3 Å². The Kier molecular flexibility index (Phi) is 3.90. The molecule has 1 heterocycles. The topological polar surface area (TPSA) is 87.3 Å². The van der Waals surface area contributed by atoms with Crippen LogP contribution in [-0.2, 0) is 4.74 Å². The highest BCUT2D eigenvalue weighted by Gasteiger charge is 2.19. The normalized spacial score (nSPS) is 10.0. The van der Waals surface area contributed by atoms with Crippen LogP contribution >= 0.6 is 0 Å². The maximum absolute atomic E-state index is 11.7. The Morgan fingerprint density at radius 1 is 1.55 bits per heavy atom. The van der Waals surface area contributed by atoms with Gasteiger partial charge < -0.3 is 9.30 Å². The van der Waals surface area contributed by atoms with Crippen LogP contribution in [-0.4, -0.2) is 27.1 Å². The number of ether oxygens (including phenoxy) is 1. The Morgan fingerprint density at radius 3 is 2.95 bits per heavy atom. The van der Waals surface area contributed by atoms with Crippen LogP contribution in [0.15, 0.2) is 49.6 Å². The molecule has 0 spiro atoms. The van der Waals surface area contributed by atoms with Gasteiger partial charge in [0.05, 0.1) is 16.8 Å². The zero-order valence-corrected chi connectivity index (χ0v) is 10.4. The molecule has 20 heavy (non-hydrogen) atoms. The number of carbonyl (C=O) groups is 1. The zero-order valence-electron chi connectivity index (χ0n) is 10.4. The number of rotatable bonds is 5. The van der Waals surface area contributed by atoms with Gasteiger partial charge in [-0.2, -0.15) is 0 Å². The molecule has 7 heteroatoms. The quantitative estimate of drug-likeness (QED) is 0.360. The number of benzene rings is 1. The largest absolute Gasteiger partial charge is 0.458 e. The fourth-order valence-electron chi connectivity index (χ4n) is 1.63. The second kappa shape index (κ2) is 5.79. The lowest BCUT2D eigenvalue weighted by molar-refractivity contribution is -0.384. The van der Waals surface area contributed by atoms with E-state index in [2.05, 4.69) is 11.6 Å².